The molecule has 0 aliphatic heterocycles. The van der Waals surface area contributed by atoms with Gasteiger partial charge in [-0.2, -0.15) is 0 Å². The number of fused-ring (bicyclic) bond motifs is 1. The fourth-order valence-corrected chi connectivity index (χ4v) is 2.31. The summed E-state index contributed by atoms with van der Waals surface area (Å²) in [6.45, 7) is 3.88. The van der Waals surface area contributed by atoms with E-state index in [0.717, 1.165) is 21.6 Å². The van der Waals surface area contributed by atoms with Crippen LogP contribution in [0.3, 0.4) is 0 Å². The zero-order valence-electron chi connectivity index (χ0n) is 9.94. The average molecular weight is 254 g/mol. The minimum absolute atomic E-state index is 0.0222. The van der Waals surface area contributed by atoms with Crippen molar-refractivity contribution in [3.63, 3.8) is 0 Å². The summed E-state index contributed by atoms with van der Waals surface area (Å²) in [7, 11) is 1.53. The molecule has 2 rings (SSSR count). The van der Waals surface area contributed by atoms with Gasteiger partial charge in [-0.25, -0.2) is 4.79 Å². The summed E-state index contributed by atoms with van der Waals surface area (Å²) >= 11 is 1.04. The van der Waals surface area contributed by atoms with Crippen molar-refractivity contribution >= 4 is 21.6 Å². The van der Waals surface area contributed by atoms with Crippen LogP contribution < -0.4 is 9.68 Å². The first-order valence-electron chi connectivity index (χ1n) is 5.21. The molecule has 1 aromatic carbocycles. The monoisotopic (exact) mass is 254 g/mol. The molecule has 0 saturated heterocycles. The fraction of sp³-hybridized carbons (Fsp3) is 0.417. The Balaban J connectivity index is 2.72. The van der Waals surface area contributed by atoms with Crippen LogP contribution in [0.4, 0.5) is 0 Å². The molecule has 1 heterocycles. The van der Waals surface area contributed by atoms with Crippen molar-refractivity contribution in [1.82, 2.24) is 0 Å². The molecular formula is C12H14O4S. The fourth-order valence-electron chi connectivity index (χ4n) is 1.58. The maximum absolute atomic E-state index is 11.2. The van der Waals surface area contributed by atoms with Crippen LogP contribution in [0.5, 0.6) is 5.75 Å². The smallest absolute Gasteiger partial charge is 0.396 e. The molecule has 4 nitrogen and oxygen atoms in total. The lowest BCUT2D eigenvalue weighted by atomic mass is 9.85. The summed E-state index contributed by atoms with van der Waals surface area (Å²) in [4.78, 5) is 10.9. The van der Waals surface area contributed by atoms with E-state index < -0.39 is 0 Å². The minimum Gasteiger partial charge on any atom is -0.493 e. The van der Waals surface area contributed by atoms with Gasteiger partial charge in [0.05, 0.1) is 18.4 Å². The molecule has 17 heavy (non-hydrogen) atoms. The third kappa shape index (κ3) is 2.08. The minimum atomic E-state index is -0.380. The van der Waals surface area contributed by atoms with Gasteiger partial charge in [-0.05, 0) is 17.7 Å². The molecule has 1 N–H and O–H groups in total. The maximum atomic E-state index is 11.2. The molecule has 0 fully saturated rings. The van der Waals surface area contributed by atoms with Crippen molar-refractivity contribution < 1.29 is 14.3 Å². The van der Waals surface area contributed by atoms with Gasteiger partial charge in [-0.1, -0.05) is 25.2 Å². The normalized spacial score (nSPS) is 12.0. The molecule has 0 bridgehead atoms. The number of aliphatic hydroxyl groups excluding tert-OH is 1. The summed E-state index contributed by atoms with van der Waals surface area (Å²) < 4.78 is 11.0. The van der Waals surface area contributed by atoms with E-state index in [1.165, 1.54) is 7.11 Å². The van der Waals surface area contributed by atoms with Gasteiger partial charge in [-0.3, -0.25) is 0 Å². The summed E-state index contributed by atoms with van der Waals surface area (Å²) in [6, 6.07) is 3.66. The standard InChI is InChI=1S/C12H14O4S/c1-12(2,6-13)7-4-8(15-3)10-9(5-7)17-11(14)16-10/h4-5,13H,6H2,1-3H3. The number of methoxy groups -OCH3 is 1. The Bertz CT molecular complexity index is 594. The van der Waals surface area contributed by atoms with Gasteiger partial charge in [0.1, 0.15) is 0 Å². The van der Waals surface area contributed by atoms with E-state index in [1.54, 1.807) is 6.07 Å². The SMILES string of the molecule is COc1cc(C(C)(C)CO)cc2sc(=O)oc12. The molecule has 1 aromatic heterocycles. The highest BCUT2D eigenvalue weighted by atomic mass is 32.1. The van der Waals surface area contributed by atoms with E-state index in [1.807, 2.05) is 19.9 Å². The Morgan fingerprint density at radius 1 is 1.47 bits per heavy atom. The molecule has 0 atom stereocenters. The molecule has 0 aliphatic carbocycles. The van der Waals surface area contributed by atoms with Gasteiger partial charge < -0.3 is 14.3 Å². The molecule has 5 heteroatoms. The van der Waals surface area contributed by atoms with Crippen LogP contribution in [0.2, 0.25) is 0 Å². The zero-order valence-corrected chi connectivity index (χ0v) is 10.8. The van der Waals surface area contributed by atoms with E-state index in [-0.39, 0.29) is 17.0 Å². The maximum Gasteiger partial charge on any atom is 0.396 e. The number of benzene rings is 1. The van der Waals surface area contributed by atoms with Gasteiger partial charge in [0.25, 0.3) is 0 Å². The topological polar surface area (TPSA) is 59.7 Å². The highest BCUT2D eigenvalue weighted by molar-refractivity contribution is 7.16. The highest BCUT2D eigenvalue weighted by Gasteiger charge is 2.22. The van der Waals surface area contributed by atoms with Crippen LogP contribution >= 0.6 is 11.3 Å². The largest absolute Gasteiger partial charge is 0.493 e. The predicted octanol–water partition coefficient (Wildman–Crippen LogP) is 2.13. The van der Waals surface area contributed by atoms with E-state index in [4.69, 9.17) is 9.15 Å². The molecule has 0 radical (unpaired) electrons. The lowest BCUT2D eigenvalue weighted by Gasteiger charge is -2.22. The Morgan fingerprint density at radius 3 is 2.76 bits per heavy atom. The van der Waals surface area contributed by atoms with Gasteiger partial charge in [0.2, 0.25) is 0 Å². The number of rotatable bonds is 3. The molecule has 0 amide bonds. The molecule has 0 saturated carbocycles. The second-order valence-electron chi connectivity index (χ2n) is 4.50. The van der Waals surface area contributed by atoms with Gasteiger partial charge >= 0.3 is 4.94 Å². The van der Waals surface area contributed by atoms with E-state index in [0.29, 0.717) is 11.3 Å². The number of ether oxygens (including phenoxy) is 1. The number of hydrogen-bond donors (Lipinski definition) is 1. The Labute approximate surface area is 102 Å². The third-order valence-corrected chi connectivity index (χ3v) is 3.57. The van der Waals surface area contributed by atoms with Crippen LogP contribution in [-0.2, 0) is 5.41 Å². The second-order valence-corrected chi connectivity index (χ2v) is 5.48. The second kappa shape index (κ2) is 4.16. The predicted molar refractivity (Wildman–Crippen MR) is 67.0 cm³/mol. The Hall–Kier alpha value is -1.33. The lowest BCUT2D eigenvalue weighted by Crippen LogP contribution is -2.21. The Kier molecular flexibility index (Phi) is 2.97. The first-order valence-corrected chi connectivity index (χ1v) is 6.02. The molecule has 0 aliphatic rings. The average Bonchev–Trinajstić information content (AvgIpc) is 2.67. The van der Waals surface area contributed by atoms with Crippen molar-refractivity contribution in [3.05, 3.63) is 27.4 Å². The summed E-state index contributed by atoms with van der Waals surface area (Å²) in [5.41, 5.74) is 1.01. The van der Waals surface area contributed by atoms with Crippen LogP contribution in [0.1, 0.15) is 19.4 Å². The quantitative estimate of drug-likeness (QED) is 0.911. The molecular weight excluding hydrogens is 240 g/mol. The van der Waals surface area contributed by atoms with Crippen molar-refractivity contribution in [2.45, 2.75) is 19.3 Å². The van der Waals surface area contributed by atoms with Crippen LogP contribution in [0.25, 0.3) is 10.3 Å². The first-order chi connectivity index (χ1) is 7.97. The molecule has 2 aromatic rings. The van der Waals surface area contributed by atoms with Crippen LogP contribution in [0.15, 0.2) is 21.3 Å². The number of hydrogen-bond acceptors (Lipinski definition) is 5. The van der Waals surface area contributed by atoms with Crippen molar-refractivity contribution in [2.75, 3.05) is 13.7 Å². The van der Waals surface area contributed by atoms with E-state index in [9.17, 15) is 9.90 Å². The lowest BCUT2D eigenvalue weighted by molar-refractivity contribution is 0.218. The van der Waals surface area contributed by atoms with Gasteiger partial charge in [0, 0.05) is 5.41 Å². The summed E-state index contributed by atoms with van der Waals surface area (Å²) in [6.07, 6.45) is 0. The summed E-state index contributed by atoms with van der Waals surface area (Å²) in [5.74, 6) is 0.525. The van der Waals surface area contributed by atoms with Crippen molar-refractivity contribution in [3.8, 4) is 5.75 Å². The summed E-state index contributed by atoms with van der Waals surface area (Å²) in [5, 5.41) is 9.37. The van der Waals surface area contributed by atoms with E-state index >= 15 is 0 Å². The Morgan fingerprint density at radius 2 is 2.18 bits per heavy atom. The molecule has 0 spiro atoms. The van der Waals surface area contributed by atoms with Crippen LogP contribution in [-0.4, -0.2) is 18.8 Å². The molecule has 92 valence electrons. The number of aliphatic hydroxyl groups is 1. The highest BCUT2D eigenvalue weighted by Crippen LogP contribution is 2.34. The van der Waals surface area contributed by atoms with Gasteiger partial charge in [-0.15, -0.1) is 0 Å². The zero-order chi connectivity index (χ0) is 12.6. The third-order valence-electron chi connectivity index (χ3n) is 2.80. The van der Waals surface area contributed by atoms with Crippen molar-refractivity contribution in [2.24, 2.45) is 0 Å². The van der Waals surface area contributed by atoms with Crippen LogP contribution in [0, 0.1) is 0 Å². The van der Waals surface area contributed by atoms with Gasteiger partial charge in [0.15, 0.2) is 11.3 Å². The first kappa shape index (κ1) is 12.1. The van der Waals surface area contributed by atoms with E-state index in [2.05, 4.69) is 0 Å². The molecule has 0 unspecified atom stereocenters. The van der Waals surface area contributed by atoms with Crippen molar-refractivity contribution in [1.29, 1.82) is 0 Å².